The van der Waals surface area contributed by atoms with Crippen LogP contribution in [0.3, 0.4) is 0 Å². The van der Waals surface area contributed by atoms with Crippen molar-refractivity contribution in [3.8, 4) is 0 Å². The van der Waals surface area contributed by atoms with E-state index in [1.807, 2.05) is 0 Å². The molecule has 272 valence electrons. The molecule has 0 rings (SSSR count). The maximum absolute atomic E-state index is 12.7. The average molecular weight is 687 g/mol. The minimum Gasteiger partial charge on any atom is -0.444 e. The molecule has 19 nitrogen and oxygen atoms in total. The van der Waals surface area contributed by atoms with Gasteiger partial charge in [-0.2, -0.15) is 0 Å². The summed E-state index contributed by atoms with van der Waals surface area (Å²) in [5, 5.41) is 2.52. The molecular weight excluding hydrogens is 636 g/mol. The van der Waals surface area contributed by atoms with E-state index in [0.717, 1.165) is 34.3 Å². The molecule has 0 aromatic heterocycles. The van der Waals surface area contributed by atoms with Crippen LogP contribution in [0, 0.1) is 0 Å². The smallest absolute Gasteiger partial charge is 0.410 e. The predicted molar refractivity (Wildman–Crippen MR) is 170 cm³/mol. The lowest BCUT2D eigenvalue weighted by molar-refractivity contribution is -0.161. The first kappa shape index (κ1) is 43.2. The second-order valence-electron chi connectivity index (χ2n) is 12.2. The number of nitrogens with zero attached hydrogens (tertiary/aromatic N) is 7. The van der Waals surface area contributed by atoms with Crippen molar-refractivity contribution in [2.24, 2.45) is 0 Å². The second-order valence-corrected chi connectivity index (χ2v) is 12.2. The summed E-state index contributed by atoms with van der Waals surface area (Å²) in [7, 11) is 10.9. The summed E-state index contributed by atoms with van der Waals surface area (Å²) in [6, 6.07) is 0. The Kier molecular flexibility index (Phi) is 17.8. The maximum atomic E-state index is 12.7. The summed E-state index contributed by atoms with van der Waals surface area (Å²) < 4.78 is 9.74. The van der Waals surface area contributed by atoms with Crippen molar-refractivity contribution in [3.05, 3.63) is 0 Å². The second kappa shape index (κ2) is 19.8. The third-order valence-corrected chi connectivity index (χ3v) is 6.41. The summed E-state index contributed by atoms with van der Waals surface area (Å²) in [5.74, 6) is -5.26. The maximum Gasteiger partial charge on any atom is 0.410 e. The molecule has 1 N–H and O–H groups in total. The molecule has 0 fully saturated rings. The molecule has 48 heavy (non-hydrogen) atoms. The average Bonchev–Trinajstić information content (AvgIpc) is 2.95. The third kappa shape index (κ3) is 16.7. The molecule has 19 heteroatoms. The summed E-state index contributed by atoms with van der Waals surface area (Å²) >= 11 is 0. The van der Waals surface area contributed by atoms with Crippen molar-refractivity contribution >= 4 is 53.5 Å². The first-order valence-corrected chi connectivity index (χ1v) is 14.7. The van der Waals surface area contributed by atoms with Crippen molar-refractivity contribution in [1.82, 2.24) is 39.6 Å². The predicted octanol–water partition coefficient (Wildman–Crippen LogP) is -3.11. The summed E-state index contributed by atoms with van der Waals surface area (Å²) in [6.45, 7) is 2.00. The van der Waals surface area contributed by atoms with Gasteiger partial charge in [0.05, 0.1) is 39.3 Å². The highest BCUT2D eigenvalue weighted by atomic mass is 16.6. The van der Waals surface area contributed by atoms with Crippen LogP contribution in [0.25, 0.3) is 0 Å². The molecule has 0 aliphatic heterocycles. The summed E-state index contributed by atoms with van der Waals surface area (Å²) in [5.41, 5.74) is -0.746. The molecule has 0 radical (unpaired) electrons. The molecule has 0 aliphatic carbocycles. The fourth-order valence-corrected chi connectivity index (χ4v) is 3.41. The first-order chi connectivity index (χ1) is 22.0. The number of esters is 2. The van der Waals surface area contributed by atoms with Gasteiger partial charge in [-0.05, 0) is 27.8 Å². The number of hydrogen-bond donors (Lipinski definition) is 1. The molecule has 0 bridgehead atoms. The van der Waals surface area contributed by atoms with Gasteiger partial charge >= 0.3 is 18.0 Å². The molecule has 0 aromatic carbocycles. The molecule has 0 heterocycles. The van der Waals surface area contributed by atoms with Crippen LogP contribution in [0.1, 0.15) is 20.8 Å². The minimum absolute atomic E-state index is 0.187. The van der Waals surface area contributed by atoms with Gasteiger partial charge in [0.15, 0.2) is 0 Å². The van der Waals surface area contributed by atoms with E-state index >= 15 is 0 Å². The van der Waals surface area contributed by atoms with Gasteiger partial charge in [-0.1, -0.05) is 0 Å². The number of rotatable bonds is 16. The quantitative estimate of drug-likeness (QED) is 0.127. The Morgan fingerprint density at radius 2 is 0.729 bits per heavy atom. The van der Waals surface area contributed by atoms with Crippen LogP contribution in [-0.4, -0.2) is 202 Å². The number of amides is 7. The van der Waals surface area contributed by atoms with Crippen LogP contribution < -0.4 is 5.32 Å². The number of nitrogens with one attached hydrogen (secondary N) is 1. The topological polar surface area (TPSA) is 207 Å². The first-order valence-electron chi connectivity index (χ1n) is 14.7. The highest BCUT2D eigenvalue weighted by Crippen LogP contribution is 2.09. The zero-order valence-corrected chi connectivity index (χ0v) is 29.8. The minimum atomic E-state index is -0.942. The van der Waals surface area contributed by atoms with Gasteiger partial charge in [-0.3, -0.25) is 33.6 Å². The lowest BCUT2D eigenvalue weighted by atomic mass is 10.2. The normalized spacial score (nSPS) is 10.6. The van der Waals surface area contributed by atoms with Crippen molar-refractivity contribution < 1.29 is 52.6 Å². The van der Waals surface area contributed by atoms with E-state index in [1.165, 1.54) is 56.4 Å². The molecule has 7 amide bonds. The third-order valence-electron chi connectivity index (χ3n) is 6.41. The standard InChI is InChI=1S/C29H50N8O11/c1-29(2,3)48-28(46)37(11)18-25(43)35(9)16-23(41)33(7)14-21(39)31(5)13-20(38)32(6)15-22(40)34(8)17-24(42)36(10)19-27(45)47-26(44)12-30-4/h30H,12-19H2,1-11H3. The van der Waals surface area contributed by atoms with Gasteiger partial charge in [0, 0.05) is 49.3 Å². The van der Waals surface area contributed by atoms with Crippen LogP contribution in [0.4, 0.5) is 4.79 Å². The van der Waals surface area contributed by atoms with E-state index in [2.05, 4.69) is 10.1 Å². The molecule has 0 aliphatic rings. The molecule has 0 aromatic rings. The Bertz CT molecular complexity index is 1220. The number of carbonyl (C=O) groups excluding carboxylic acids is 9. The highest BCUT2D eigenvalue weighted by molar-refractivity contribution is 5.93. The molecule has 0 atom stereocenters. The Labute approximate surface area is 281 Å². The van der Waals surface area contributed by atoms with Gasteiger partial charge < -0.3 is 49.1 Å². The van der Waals surface area contributed by atoms with Gasteiger partial charge in [0.1, 0.15) is 18.7 Å². The summed E-state index contributed by atoms with van der Waals surface area (Å²) in [6.07, 6.45) is -0.701. The highest BCUT2D eigenvalue weighted by Gasteiger charge is 2.26. The Morgan fingerprint density at radius 1 is 0.458 bits per heavy atom. The van der Waals surface area contributed by atoms with Gasteiger partial charge in [0.25, 0.3) is 0 Å². The number of ether oxygens (including phenoxy) is 2. The van der Waals surface area contributed by atoms with E-state index in [4.69, 9.17) is 4.74 Å². The van der Waals surface area contributed by atoms with Gasteiger partial charge in [-0.25, -0.2) is 9.59 Å². The number of likely N-dealkylation sites (N-methyl/N-ethyl adjacent to an activating group) is 8. The monoisotopic (exact) mass is 686 g/mol. The van der Waals surface area contributed by atoms with Gasteiger partial charge in [-0.15, -0.1) is 0 Å². The molecular formula is C29H50N8O11. The lowest BCUT2D eigenvalue weighted by Crippen LogP contribution is -2.49. The van der Waals surface area contributed by atoms with Crippen LogP contribution in [0.5, 0.6) is 0 Å². The zero-order valence-electron chi connectivity index (χ0n) is 29.8. The van der Waals surface area contributed by atoms with Crippen LogP contribution in [0.15, 0.2) is 0 Å². The number of carbonyl (C=O) groups is 9. The fourth-order valence-electron chi connectivity index (χ4n) is 3.41. The van der Waals surface area contributed by atoms with E-state index in [0.29, 0.717) is 0 Å². The SMILES string of the molecule is CNCC(=O)OC(=O)CN(C)C(=O)CN(C)C(=O)CN(C)C(=O)CN(C)C(=O)CN(C)C(=O)CN(C)C(=O)CN(C)C(=O)OC(C)(C)C. The largest absolute Gasteiger partial charge is 0.444 e. The molecule has 0 spiro atoms. The van der Waals surface area contributed by atoms with Gasteiger partial charge in [0.2, 0.25) is 35.4 Å². The van der Waals surface area contributed by atoms with E-state index in [9.17, 15) is 43.2 Å². The molecule has 0 saturated carbocycles. The Hall–Kier alpha value is -4.81. The van der Waals surface area contributed by atoms with E-state index in [1.54, 1.807) is 20.8 Å². The Morgan fingerprint density at radius 3 is 1.00 bits per heavy atom. The molecule has 0 saturated heterocycles. The van der Waals surface area contributed by atoms with Crippen molar-refractivity contribution in [2.45, 2.75) is 26.4 Å². The van der Waals surface area contributed by atoms with Crippen molar-refractivity contribution in [3.63, 3.8) is 0 Å². The lowest BCUT2D eigenvalue weighted by Gasteiger charge is -2.27. The fraction of sp³-hybridized carbons (Fsp3) is 0.690. The van der Waals surface area contributed by atoms with Crippen LogP contribution >= 0.6 is 0 Å². The van der Waals surface area contributed by atoms with Crippen LogP contribution in [-0.2, 0) is 47.8 Å². The summed E-state index contributed by atoms with van der Waals surface area (Å²) in [4.78, 5) is 118. The Balaban J connectivity index is 4.80. The van der Waals surface area contributed by atoms with E-state index < -0.39 is 91.8 Å². The molecule has 0 unspecified atom stereocenters. The van der Waals surface area contributed by atoms with Crippen molar-refractivity contribution in [2.75, 3.05) is 109 Å². The van der Waals surface area contributed by atoms with E-state index in [-0.39, 0.29) is 19.6 Å². The number of hydrogen-bond acceptors (Lipinski definition) is 12. The van der Waals surface area contributed by atoms with Crippen LogP contribution in [0.2, 0.25) is 0 Å². The zero-order chi connectivity index (χ0) is 37.5. The van der Waals surface area contributed by atoms with Crippen molar-refractivity contribution in [1.29, 1.82) is 0 Å².